The zero-order valence-electron chi connectivity index (χ0n) is 14.3. The summed E-state index contributed by atoms with van der Waals surface area (Å²) in [6, 6.07) is 7.38. The zero-order chi connectivity index (χ0) is 16.8. The van der Waals surface area contributed by atoms with Gasteiger partial charge in [0.15, 0.2) is 0 Å². The molecule has 1 aromatic rings. The number of carbonyl (C=O) groups is 1. The van der Waals surface area contributed by atoms with Crippen molar-refractivity contribution in [1.29, 1.82) is 0 Å². The number of methoxy groups -OCH3 is 1. The molecule has 3 atom stereocenters. The number of amides is 2. The van der Waals surface area contributed by atoms with Gasteiger partial charge in [0.2, 0.25) is 0 Å². The van der Waals surface area contributed by atoms with E-state index in [1.807, 2.05) is 24.3 Å². The van der Waals surface area contributed by atoms with Crippen LogP contribution in [0.4, 0.5) is 10.5 Å². The van der Waals surface area contributed by atoms with Gasteiger partial charge in [-0.1, -0.05) is 12.1 Å². The van der Waals surface area contributed by atoms with E-state index in [1.54, 1.807) is 7.11 Å². The SMILES string of the molecule is COc1ccccc1NC(=O)NC[C@@H](C)N1C[C@@H](C)O[C@@H](C)C1. The Bertz CT molecular complexity index is 514. The highest BCUT2D eigenvalue weighted by Gasteiger charge is 2.25. The van der Waals surface area contributed by atoms with Crippen LogP contribution in [0.3, 0.4) is 0 Å². The molecule has 2 rings (SSSR count). The molecule has 1 aliphatic rings. The third kappa shape index (κ3) is 5.11. The molecule has 1 heterocycles. The van der Waals surface area contributed by atoms with Crippen LogP contribution in [-0.4, -0.2) is 55.9 Å². The average Bonchev–Trinajstić information content (AvgIpc) is 2.52. The number of rotatable bonds is 5. The summed E-state index contributed by atoms with van der Waals surface area (Å²) < 4.78 is 11.0. The lowest BCUT2D eigenvalue weighted by Crippen LogP contribution is -2.52. The molecule has 23 heavy (non-hydrogen) atoms. The quantitative estimate of drug-likeness (QED) is 0.873. The van der Waals surface area contributed by atoms with Crippen LogP contribution in [0.1, 0.15) is 20.8 Å². The minimum absolute atomic E-state index is 0.226. The molecule has 6 nitrogen and oxygen atoms in total. The molecule has 0 aromatic heterocycles. The summed E-state index contributed by atoms with van der Waals surface area (Å²) >= 11 is 0. The first kappa shape index (κ1) is 17.6. The number of hydrogen-bond donors (Lipinski definition) is 2. The van der Waals surface area contributed by atoms with Crippen molar-refractivity contribution in [2.24, 2.45) is 0 Å². The minimum atomic E-state index is -0.226. The Morgan fingerprint density at radius 1 is 1.35 bits per heavy atom. The fourth-order valence-corrected chi connectivity index (χ4v) is 2.86. The number of anilines is 1. The van der Waals surface area contributed by atoms with Crippen LogP contribution in [0.15, 0.2) is 24.3 Å². The number of benzene rings is 1. The first-order valence-corrected chi connectivity index (χ1v) is 8.07. The topological polar surface area (TPSA) is 62.8 Å². The molecule has 0 radical (unpaired) electrons. The van der Waals surface area contributed by atoms with E-state index in [0.717, 1.165) is 13.1 Å². The Morgan fingerprint density at radius 3 is 2.65 bits per heavy atom. The molecule has 1 saturated heterocycles. The molecule has 6 heteroatoms. The zero-order valence-corrected chi connectivity index (χ0v) is 14.3. The van der Waals surface area contributed by atoms with Gasteiger partial charge in [0, 0.05) is 25.7 Å². The number of morpholine rings is 1. The van der Waals surface area contributed by atoms with Gasteiger partial charge in [-0.25, -0.2) is 4.79 Å². The molecular formula is C17H27N3O3. The van der Waals surface area contributed by atoms with Crippen LogP contribution < -0.4 is 15.4 Å². The summed E-state index contributed by atoms with van der Waals surface area (Å²) in [5.74, 6) is 0.645. The maximum absolute atomic E-state index is 12.1. The Labute approximate surface area is 138 Å². The van der Waals surface area contributed by atoms with E-state index >= 15 is 0 Å². The van der Waals surface area contributed by atoms with Crippen molar-refractivity contribution in [2.45, 2.75) is 39.0 Å². The van der Waals surface area contributed by atoms with Gasteiger partial charge in [-0.05, 0) is 32.9 Å². The van der Waals surface area contributed by atoms with Gasteiger partial charge >= 0.3 is 6.03 Å². The van der Waals surface area contributed by atoms with E-state index in [1.165, 1.54) is 0 Å². The number of carbonyl (C=O) groups excluding carboxylic acids is 1. The first-order chi connectivity index (χ1) is 11.0. The highest BCUT2D eigenvalue weighted by Crippen LogP contribution is 2.22. The lowest BCUT2D eigenvalue weighted by atomic mass is 10.2. The lowest BCUT2D eigenvalue weighted by molar-refractivity contribution is -0.0777. The number of urea groups is 1. The smallest absolute Gasteiger partial charge is 0.319 e. The average molecular weight is 321 g/mol. The second-order valence-corrected chi connectivity index (χ2v) is 6.10. The van der Waals surface area contributed by atoms with Crippen molar-refractivity contribution in [3.63, 3.8) is 0 Å². The molecule has 0 aliphatic carbocycles. The number of ether oxygens (including phenoxy) is 2. The second kappa shape index (κ2) is 8.17. The van der Waals surface area contributed by atoms with E-state index in [-0.39, 0.29) is 24.3 Å². The largest absolute Gasteiger partial charge is 0.495 e. The molecular weight excluding hydrogens is 294 g/mol. The van der Waals surface area contributed by atoms with Crippen molar-refractivity contribution in [2.75, 3.05) is 32.1 Å². The van der Waals surface area contributed by atoms with Crippen molar-refractivity contribution in [3.8, 4) is 5.75 Å². The monoisotopic (exact) mass is 321 g/mol. The molecule has 0 saturated carbocycles. The van der Waals surface area contributed by atoms with Crippen LogP contribution in [-0.2, 0) is 4.74 Å². The number of para-hydroxylation sites is 2. The Kier molecular flexibility index (Phi) is 6.24. The third-order valence-corrected chi connectivity index (χ3v) is 3.98. The van der Waals surface area contributed by atoms with E-state index in [4.69, 9.17) is 9.47 Å². The van der Waals surface area contributed by atoms with Crippen molar-refractivity contribution in [1.82, 2.24) is 10.2 Å². The standard InChI is InChI=1S/C17H27N3O3/c1-12(20-10-13(2)23-14(3)11-20)9-18-17(21)19-15-7-5-6-8-16(15)22-4/h5-8,12-14H,9-11H2,1-4H3,(H2,18,19,21)/t12-,13-,14+/m1/s1. The van der Waals surface area contributed by atoms with Gasteiger partial charge in [0.1, 0.15) is 5.75 Å². The summed E-state index contributed by atoms with van der Waals surface area (Å²) in [7, 11) is 1.58. The fourth-order valence-electron chi connectivity index (χ4n) is 2.86. The van der Waals surface area contributed by atoms with Gasteiger partial charge in [0.25, 0.3) is 0 Å². The van der Waals surface area contributed by atoms with Crippen LogP contribution in [0.25, 0.3) is 0 Å². The van der Waals surface area contributed by atoms with Gasteiger partial charge < -0.3 is 20.1 Å². The fraction of sp³-hybridized carbons (Fsp3) is 0.588. The van der Waals surface area contributed by atoms with E-state index < -0.39 is 0 Å². The molecule has 0 unspecified atom stereocenters. The maximum atomic E-state index is 12.1. The molecule has 2 N–H and O–H groups in total. The highest BCUT2D eigenvalue weighted by atomic mass is 16.5. The third-order valence-electron chi connectivity index (χ3n) is 3.98. The molecule has 1 fully saturated rings. The summed E-state index contributed by atoms with van der Waals surface area (Å²) in [5.41, 5.74) is 0.661. The summed E-state index contributed by atoms with van der Waals surface area (Å²) in [6.45, 7) is 8.64. The van der Waals surface area contributed by atoms with Gasteiger partial charge in [-0.15, -0.1) is 0 Å². The first-order valence-electron chi connectivity index (χ1n) is 8.07. The lowest BCUT2D eigenvalue weighted by Gasteiger charge is -2.38. The van der Waals surface area contributed by atoms with Gasteiger partial charge in [-0.2, -0.15) is 0 Å². The molecule has 1 aliphatic heterocycles. The Morgan fingerprint density at radius 2 is 2.00 bits per heavy atom. The predicted molar refractivity (Wildman–Crippen MR) is 91.1 cm³/mol. The summed E-state index contributed by atoms with van der Waals surface area (Å²) in [4.78, 5) is 14.4. The summed E-state index contributed by atoms with van der Waals surface area (Å²) in [5, 5.41) is 5.74. The van der Waals surface area contributed by atoms with Crippen LogP contribution in [0.5, 0.6) is 5.75 Å². The van der Waals surface area contributed by atoms with Crippen LogP contribution >= 0.6 is 0 Å². The van der Waals surface area contributed by atoms with Crippen LogP contribution in [0, 0.1) is 0 Å². The molecule has 0 spiro atoms. The predicted octanol–water partition coefficient (Wildman–Crippen LogP) is 2.31. The number of hydrogen-bond acceptors (Lipinski definition) is 4. The van der Waals surface area contributed by atoms with Crippen LogP contribution in [0.2, 0.25) is 0 Å². The molecule has 128 valence electrons. The number of nitrogens with one attached hydrogen (secondary N) is 2. The second-order valence-electron chi connectivity index (χ2n) is 6.10. The summed E-state index contributed by atoms with van der Waals surface area (Å²) in [6.07, 6.45) is 0.451. The van der Waals surface area contributed by atoms with Crippen molar-refractivity contribution >= 4 is 11.7 Å². The van der Waals surface area contributed by atoms with E-state index in [0.29, 0.717) is 18.0 Å². The molecule has 1 aromatic carbocycles. The molecule has 2 amide bonds. The van der Waals surface area contributed by atoms with Gasteiger partial charge in [0.05, 0.1) is 25.0 Å². The normalized spacial score (nSPS) is 23.1. The van der Waals surface area contributed by atoms with E-state index in [2.05, 4.69) is 36.3 Å². The van der Waals surface area contributed by atoms with Crippen molar-refractivity contribution < 1.29 is 14.3 Å². The minimum Gasteiger partial charge on any atom is -0.495 e. The highest BCUT2D eigenvalue weighted by molar-refractivity contribution is 5.90. The Balaban J connectivity index is 1.82. The van der Waals surface area contributed by atoms with E-state index in [9.17, 15) is 4.79 Å². The molecule has 0 bridgehead atoms. The maximum Gasteiger partial charge on any atom is 0.319 e. The van der Waals surface area contributed by atoms with Crippen molar-refractivity contribution in [3.05, 3.63) is 24.3 Å². The Hall–Kier alpha value is -1.79. The van der Waals surface area contributed by atoms with Gasteiger partial charge in [-0.3, -0.25) is 4.90 Å². The number of nitrogens with zero attached hydrogens (tertiary/aromatic N) is 1.